The van der Waals surface area contributed by atoms with E-state index in [4.69, 9.17) is 0 Å². The first-order valence-electron chi connectivity index (χ1n) is 8.82. The van der Waals surface area contributed by atoms with Crippen LogP contribution in [0.15, 0.2) is 24.3 Å². The molecule has 2 nitrogen and oxygen atoms in total. The van der Waals surface area contributed by atoms with Gasteiger partial charge in [-0.2, -0.15) is 0 Å². The van der Waals surface area contributed by atoms with E-state index in [1.54, 1.807) is 0 Å². The average molecular weight is 288 g/mol. The third kappa shape index (κ3) is 4.74. The fraction of sp³-hybridized carbons (Fsp3) is 0.684. The van der Waals surface area contributed by atoms with E-state index >= 15 is 0 Å². The van der Waals surface area contributed by atoms with E-state index in [9.17, 15) is 0 Å². The molecule has 1 N–H and O–H groups in total. The summed E-state index contributed by atoms with van der Waals surface area (Å²) in [5.74, 6) is 0.962. The Kier molecular flexibility index (Phi) is 6.56. The maximum Gasteiger partial charge on any atom is 0.0366 e. The van der Waals surface area contributed by atoms with Gasteiger partial charge in [0.25, 0.3) is 0 Å². The summed E-state index contributed by atoms with van der Waals surface area (Å²) in [7, 11) is 0. The summed E-state index contributed by atoms with van der Waals surface area (Å²) in [6.07, 6.45) is 6.67. The number of piperidine rings is 1. The molecular weight excluding hydrogens is 256 g/mol. The largest absolute Gasteiger partial charge is 0.372 e. The number of nitrogens with zero attached hydrogens (tertiary/aromatic N) is 1. The van der Waals surface area contributed by atoms with Crippen LogP contribution in [0.5, 0.6) is 0 Å². The Morgan fingerprint density at radius 3 is 2.33 bits per heavy atom. The second-order valence-corrected chi connectivity index (χ2v) is 6.49. The highest BCUT2D eigenvalue weighted by molar-refractivity contribution is 5.48. The lowest BCUT2D eigenvalue weighted by Crippen LogP contribution is -2.33. The van der Waals surface area contributed by atoms with Crippen molar-refractivity contribution in [3.63, 3.8) is 0 Å². The van der Waals surface area contributed by atoms with E-state index in [0.717, 1.165) is 12.5 Å². The maximum absolute atomic E-state index is 3.55. The van der Waals surface area contributed by atoms with Crippen molar-refractivity contribution < 1.29 is 0 Å². The average Bonchev–Trinajstić information content (AvgIpc) is 2.54. The molecule has 0 amide bonds. The third-order valence-electron chi connectivity index (χ3n) is 4.77. The molecule has 0 aromatic heterocycles. The minimum absolute atomic E-state index is 0.453. The Balaban J connectivity index is 1.88. The molecule has 0 bridgehead atoms. The van der Waals surface area contributed by atoms with Crippen LogP contribution in [0.4, 0.5) is 5.69 Å². The summed E-state index contributed by atoms with van der Waals surface area (Å²) >= 11 is 0. The minimum Gasteiger partial charge on any atom is -0.372 e. The van der Waals surface area contributed by atoms with Crippen molar-refractivity contribution in [1.82, 2.24) is 5.32 Å². The van der Waals surface area contributed by atoms with Crippen LogP contribution in [0.3, 0.4) is 0 Å². The number of hydrogen-bond acceptors (Lipinski definition) is 2. The number of hydrogen-bond donors (Lipinski definition) is 1. The molecule has 1 aromatic rings. The molecule has 2 rings (SSSR count). The van der Waals surface area contributed by atoms with Gasteiger partial charge in [-0.3, -0.25) is 0 Å². The Bertz CT molecular complexity index is 391. The number of nitrogens with one attached hydrogen (secondary N) is 1. The van der Waals surface area contributed by atoms with Gasteiger partial charge < -0.3 is 10.2 Å². The van der Waals surface area contributed by atoms with E-state index in [1.165, 1.54) is 56.4 Å². The van der Waals surface area contributed by atoms with Crippen molar-refractivity contribution in [2.75, 3.05) is 24.5 Å². The van der Waals surface area contributed by atoms with Crippen molar-refractivity contribution in [2.24, 2.45) is 5.92 Å². The Labute approximate surface area is 130 Å². The molecule has 1 unspecified atom stereocenters. The van der Waals surface area contributed by atoms with E-state index in [1.807, 2.05) is 0 Å². The van der Waals surface area contributed by atoms with Crippen LogP contribution in [-0.2, 0) is 0 Å². The minimum atomic E-state index is 0.453. The van der Waals surface area contributed by atoms with Crippen LogP contribution in [0, 0.1) is 5.92 Å². The van der Waals surface area contributed by atoms with Crippen LogP contribution in [0.2, 0.25) is 0 Å². The van der Waals surface area contributed by atoms with E-state index in [-0.39, 0.29) is 0 Å². The number of anilines is 1. The molecule has 2 heteroatoms. The standard InChI is InChI=1S/C19H32N2/c1-4-6-17-11-14-21(15-12-17)19-9-7-18(8-10-19)16(3)20-13-5-2/h7-10,16-17,20H,4-6,11-15H2,1-3H3. The molecular formula is C19H32N2. The van der Waals surface area contributed by atoms with Gasteiger partial charge in [-0.05, 0) is 56.3 Å². The summed E-state index contributed by atoms with van der Waals surface area (Å²) in [5.41, 5.74) is 2.80. The molecule has 1 aliphatic rings. The van der Waals surface area contributed by atoms with E-state index in [0.29, 0.717) is 6.04 Å². The zero-order valence-electron chi connectivity index (χ0n) is 14.1. The SMILES string of the molecule is CCCNC(C)c1ccc(N2CCC(CCC)CC2)cc1. The van der Waals surface area contributed by atoms with Gasteiger partial charge in [0.15, 0.2) is 0 Å². The smallest absolute Gasteiger partial charge is 0.0366 e. The van der Waals surface area contributed by atoms with Crippen molar-refractivity contribution in [2.45, 2.75) is 58.9 Å². The lowest BCUT2D eigenvalue weighted by molar-refractivity contribution is 0.378. The van der Waals surface area contributed by atoms with Gasteiger partial charge in [0.2, 0.25) is 0 Å². The Hall–Kier alpha value is -1.02. The molecule has 1 atom stereocenters. The summed E-state index contributed by atoms with van der Waals surface area (Å²) < 4.78 is 0. The van der Waals surface area contributed by atoms with Gasteiger partial charge in [0.05, 0.1) is 0 Å². The van der Waals surface area contributed by atoms with Crippen LogP contribution in [0.25, 0.3) is 0 Å². The van der Waals surface area contributed by atoms with E-state index < -0.39 is 0 Å². The molecule has 1 heterocycles. The van der Waals surface area contributed by atoms with Gasteiger partial charge in [-0.1, -0.05) is 38.8 Å². The van der Waals surface area contributed by atoms with Gasteiger partial charge in [0.1, 0.15) is 0 Å². The zero-order chi connectivity index (χ0) is 15.1. The summed E-state index contributed by atoms with van der Waals surface area (Å²) in [4.78, 5) is 2.56. The lowest BCUT2D eigenvalue weighted by atomic mass is 9.92. The van der Waals surface area contributed by atoms with Crippen LogP contribution in [0.1, 0.15) is 64.5 Å². The molecule has 1 fully saturated rings. The quantitative estimate of drug-likeness (QED) is 0.778. The summed E-state index contributed by atoms with van der Waals surface area (Å²) in [5, 5.41) is 3.55. The topological polar surface area (TPSA) is 15.3 Å². The predicted octanol–water partition coefficient (Wildman–Crippen LogP) is 4.76. The molecule has 1 aliphatic heterocycles. The fourth-order valence-electron chi connectivity index (χ4n) is 3.34. The first-order valence-corrected chi connectivity index (χ1v) is 8.82. The first kappa shape index (κ1) is 16.4. The normalized spacial score (nSPS) is 18.0. The van der Waals surface area contributed by atoms with Gasteiger partial charge in [0, 0.05) is 24.8 Å². The highest BCUT2D eigenvalue weighted by Crippen LogP contribution is 2.26. The predicted molar refractivity (Wildman–Crippen MR) is 93.0 cm³/mol. The summed E-state index contributed by atoms with van der Waals surface area (Å²) in [6, 6.07) is 9.65. The summed E-state index contributed by atoms with van der Waals surface area (Å²) in [6.45, 7) is 10.3. The molecule has 1 saturated heterocycles. The van der Waals surface area contributed by atoms with E-state index in [2.05, 4.69) is 55.3 Å². The molecule has 0 saturated carbocycles. The monoisotopic (exact) mass is 288 g/mol. The third-order valence-corrected chi connectivity index (χ3v) is 4.77. The van der Waals surface area contributed by atoms with Crippen molar-refractivity contribution in [3.8, 4) is 0 Å². The van der Waals surface area contributed by atoms with Gasteiger partial charge in [-0.15, -0.1) is 0 Å². The second kappa shape index (κ2) is 8.43. The molecule has 1 aromatic carbocycles. The van der Waals surface area contributed by atoms with Crippen molar-refractivity contribution >= 4 is 5.69 Å². The molecule has 21 heavy (non-hydrogen) atoms. The van der Waals surface area contributed by atoms with Gasteiger partial charge >= 0.3 is 0 Å². The first-order chi connectivity index (χ1) is 10.2. The molecule has 0 aliphatic carbocycles. The van der Waals surface area contributed by atoms with Crippen molar-refractivity contribution in [1.29, 1.82) is 0 Å². The van der Waals surface area contributed by atoms with Crippen LogP contribution < -0.4 is 10.2 Å². The van der Waals surface area contributed by atoms with Crippen LogP contribution in [-0.4, -0.2) is 19.6 Å². The Morgan fingerprint density at radius 2 is 1.76 bits per heavy atom. The Morgan fingerprint density at radius 1 is 1.10 bits per heavy atom. The molecule has 0 radical (unpaired) electrons. The molecule has 118 valence electrons. The molecule has 0 spiro atoms. The van der Waals surface area contributed by atoms with Crippen LogP contribution >= 0.6 is 0 Å². The van der Waals surface area contributed by atoms with Crippen molar-refractivity contribution in [3.05, 3.63) is 29.8 Å². The second-order valence-electron chi connectivity index (χ2n) is 6.49. The number of rotatable bonds is 7. The highest BCUT2D eigenvalue weighted by Gasteiger charge is 2.18. The van der Waals surface area contributed by atoms with Gasteiger partial charge in [-0.25, -0.2) is 0 Å². The fourth-order valence-corrected chi connectivity index (χ4v) is 3.34. The highest BCUT2D eigenvalue weighted by atomic mass is 15.1. The maximum atomic E-state index is 3.55. The number of benzene rings is 1. The zero-order valence-corrected chi connectivity index (χ0v) is 14.1. The lowest BCUT2D eigenvalue weighted by Gasteiger charge is -2.33.